The van der Waals surface area contributed by atoms with E-state index in [0.29, 0.717) is 5.92 Å². The van der Waals surface area contributed by atoms with Crippen LogP contribution in [0.5, 0.6) is 0 Å². The zero-order chi connectivity index (χ0) is 32.8. The number of allylic oxidation sites excluding steroid dienone is 4. The maximum absolute atomic E-state index is 6.33. The van der Waals surface area contributed by atoms with Crippen LogP contribution < -0.4 is 4.90 Å². The van der Waals surface area contributed by atoms with Crippen LogP contribution in [0.3, 0.4) is 0 Å². The summed E-state index contributed by atoms with van der Waals surface area (Å²) in [6, 6.07) is 49.3. The molecule has 0 bridgehead atoms. The van der Waals surface area contributed by atoms with Crippen LogP contribution in [0.4, 0.5) is 17.1 Å². The van der Waals surface area contributed by atoms with E-state index in [2.05, 4.69) is 151 Å². The number of anilines is 3. The van der Waals surface area contributed by atoms with E-state index in [4.69, 9.17) is 4.42 Å². The average Bonchev–Trinajstić information content (AvgIpc) is 3.86. The van der Waals surface area contributed by atoms with Crippen molar-refractivity contribution in [2.24, 2.45) is 0 Å². The van der Waals surface area contributed by atoms with E-state index in [0.717, 1.165) is 36.3 Å². The monoisotopic (exact) mass is 677 g/mol. The van der Waals surface area contributed by atoms with Gasteiger partial charge in [-0.15, -0.1) is 22.7 Å². The van der Waals surface area contributed by atoms with Crippen LogP contribution in [-0.4, -0.2) is 0 Å². The Labute approximate surface area is 297 Å². The van der Waals surface area contributed by atoms with Gasteiger partial charge in [-0.1, -0.05) is 78.9 Å². The Kier molecular flexibility index (Phi) is 6.28. The van der Waals surface area contributed by atoms with Crippen molar-refractivity contribution in [2.45, 2.75) is 25.2 Å². The number of rotatable bonds is 4. The second kappa shape index (κ2) is 11.0. The molecule has 1 unspecified atom stereocenters. The molecule has 11 rings (SSSR count). The van der Waals surface area contributed by atoms with Crippen molar-refractivity contribution in [1.29, 1.82) is 0 Å². The highest BCUT2D eigenvalue weighted by atomic mass is 32.1. The van der Waals surface area contributed by atoms with Crippen molar-refractivity contribution in [3.63, 3.8) is 0 Å². The lowest BCUT2D eigenvalue weighted by Gasteiger charge is -2.28. The minimum absolute atomic E-state index is 0.318. The van der Waals surface area contributed by atoms with Crippen LogP contribution in [-0.2, 0) is 6.42 Å². The molecule has 0 fully saturated rings. The second-order valence-corrected chi connectivity index (χ2v) is 15.7. The first-order valence-electron chi connectivity index (χ1n) is 17.4. The number of fused-ring (bicyclic) bond motifs is 10. The third kappa shape index (κ3) is 4.38. The number of furan rings is 1. The van der Waals surface area contributed by atoms with Crippen LogP contribution in [0.1, 0.15) is 35.6 Å². The summed E-state index contributed by atoms with van der Waals surface area (Å²) >= 11 is 3.73. The lowest BCUT2D eigenvalue weighted by molar-refractivity contribution is 0.541. The lowest BCUT2D eigenvalue weighted by Crippen LogP contribution is -2.11. The van der Waals surface area contributed by atoms with Crippen molar-refractivity contribution in [2.75, 3.05) is 4.90 Å². The van der Waals surface area contributed by atoms with E-state index < -0.39 is 0 Å². The Balaban J connectivity index is 1.01. The van der Waals surface area contributed by atoms with Gasteiger partial charge in [0.1, 0.15) is 11.3 Å². The zero-order valence-corrected chi connectivity index (χ0v) is 28.9. The summed E-state index contributed by atoms with van der Waals surface area (Å²) in [4.78, 5) is 2.43. The van der Waals surface area contributed by atoms with Crippen LogP contribution in [0, 0.1) is 0 Å². The molecule has 6 aromatic carbocycles. The van der Waals surface area contributed by atoms with Gasteiger partial charge in [-0.25, -0.2) is 0 Å². The molecule has 238 valence electrons. The predicted octanol–water partition coefficient (Wildman–Crippen LogP) is 14.1. The minimum atomic E-state index is 0.318. The van der Waals surface area contributed by atoms with Gasteiger partial charge in [-0.05, 0) is 96.3 Å². The number of benzene rings is 6. The van der Waals surface area contributed by atoms with Crippen LogP contribution in [0.15, 0.2) is 156 Å². The summed E-state index contributed by atoms with van der Waals surface area (Å²) in [6.45, 7) is 0. The molecule has 0 radical (unpaired) electrons. The summed E-state index contributed by atoms with van der Waals surface area (Å²) in [7, 11) is 0. The van der Waals surface area contributed by atoms with E-state index in [1.54, 1.807) is 0 Å². The molecule has 1 atom stereocenters. The third-order valence-electron chi connectivity index (χ3n) is 10.7. The van der Waals surface area contributed by atoms with E-state index in [-0.39, 0.29) is 0 Å². The molecule has 3 aromatic heterocycles. The average molecular weight is 678 g/mol. The SMILES string of the molecule is C1=CC(c2ccc(N(c3ccc4sc5ccccc5c4c3)c3ccc4sc5ccccc5c4c3)cc2)CC2=C1CCc1oc3ccccc3c12. The van der Waals surface area contributed by atoms with Gasteiger partial charge < -0.3 is 9.32 Å². The molecule has 0 saturated heterocycles. The first-order chi connectivity index (χ1) is 24.7. The number of aryl methyl sites for hydroxylation is 1. The fourth-order valence-electron chi connectivity index (χ4n) is 8.35. The van der Waals surface area contributed by atoms with Crippen molar-refractivity contribution >= 4 is 96.6 Å². The first-order valence-corrected chi connectivity index (χ1v) is 19.0. The molecule has 0 saturated carbocycles. The molecular weight excluding hydrogens is 647 g/mol. The molecule has 0 spiro atoms. The highest BCUT2D eigenvalue weighted by Gasteiger charge is 2.28. The van der Waals surface area contributed by atoms with Gasteiger partial charge in [-0.2, -0.15) is 0 Å². The molecule has 0 N–H and O–H groups in total. The minimum Gasteiger partial charge on any atom is -0.460 e. The number of hydrogen-bond donors (Lipinski definition) is 0. The smallest absolute Gasteiger partial charge is 0.134 e. The maximum atomic E-state index is 6.33. The van der Waals surface area contributed by atoms with Gasteiger partial charge in [0.05, 0.1) is 0 Å². The number of hydrogen-bond acceptors (Lipinski definition) is 4. The quantitative estimate of drug-likeness (QED) is 0.184. The molecule has 9 aromatic rings. The van der Waals surface area contributed by atoms with Gasteiger partial charge in [0, 0.05) is 80.7 Å². The van der Waals surface area contributed by atoms with Gasteiger partial charge in [0.25, 0.3) is 0 Å². The van der Waals surface area contributed by atoms with Gasteiger partial charge in [-0.3, -0.25) is 0 Å². The Morgan fingerprint density at radius 3 is 1.80 bits per heavy atom. The van der Waals surface area contributed by atoms with Crippen molar-refractivity contribution in [1.82, 2.24) is 0 Å². The highest BCUT2D eigenvalue weighted by molar-refractivity contribution is 7.26. The fourth-order valence-corrected chi connectivity index (χ4v) is 10.5. The molecule has 2 aliphatic rings. The molecule has 3 heterocycles. The van der Waals surface area contributed by atoms with Crippen LogP contribution >= 0.6 is 22.7 Å². The molecule has 2 aliphatic carbocycles. The first kappa shape index (κ1) is 28.4. The molecule has 50 heavy (non-hydrogen) atoms. The zero-order valence-electron chi connectivity index (χ0n) is 27.2. The van der Waals surface area contributed by atoms with Crippen molar-refractivity contribution < 1.29 is 4.42 Å². The largest absolute Gasteiger partial charge is 0.460 e. The summed E-state index contributed by atoms with van der Waals surface area (Å²) in [5.41, 5.74) is 10.1. The second-order valence-electron chi connectivity index (χ2n) is 13.6. The van der Waals surface area contributed by atoms with Crippen LogP contribution in [0.2, 0.25) is 0 Å². The molecule has 2 nitrogen and oxygen atoms in total. The predicted molar refractivity (Wildman–Crippen MR) is 215 cm³/mol. The Hall–Kier alpha value is -5.42. The Bertz CT molecular complexity index is 2750. The third-order valence-corrected chi connectivity index (χ3v) is 13.1. The normalized spacial score (nSPS) is 15.8. The number of thiophene rings is 2. The standard InChI is InChI=1S/C46H31NOS2/c1-4-10-40-36(9-1)46-37-25-30(14-13-29(37)17-22-41(46)48-40)28-15-18-31(19-16-28)47(32-20-23-44-38(26-32)34-7-2-5-11-42(34)49-44)33-21-24-45-39(27-33)35-8-3-6-12-43(35)50-45/h1-16,18-21,23-24,26-27,30H,17,22,25H2. The Morgan fingerprint density at radius 1 is 0.540 bits per heavy atom. The summed E-state index contributed by atoms with van der Waals surface area (Å²) in [5.74, 6) is 1.47. The molecule has 4 heteroatoms. The van der Waals surface area contributed by atoms with E-state index in [1.165, 1.54) is 79.4 Å². The summed E-state index contributed by atoms with van der Waals surface area (Å²) in [6.07, 6.45) is 7.82. The topological polar surface area (TPSA) is 16.4 Å². The number of para-hydroxylation sites is 1. The summed E-state index contributed by atoms with van der Waals surface area (Å²) in [5, 5.41) is 6.50. The maximum Gasteiger partial charge on any atom is 0.134 e. The van der Waals surface area contributed by atoms with Crippen LogP contribution in [0.25, 0.3) is 56.9 Å². The highest BCUT2D eigenvalue weighted by Crippen LogP contribution is 2.47. The molecular formula is C46H31NOS2. The molecule has 0 amide bonds. The molecule has 0 aliphatic heterocycles. The van der Waals surface area contributed by atoms with E-state index in [1.807, 2.05) is 22.7 Å². The van der Waals surface area contributed by atoms with E-state index in [9.17, 15) is 0 Å². The van der Waals surface area contributed by atoms with Gasteiger partial charge in [0.2, 0.25) is 0 Å². The Morgan fingerprint density at radius 2 is 1.12 bits per heavy atom. The summed E-state index contributed by atoms with van der Waals surface area (Å²) < 4.78 is 11.6. The van der Waals surface area contributed by atoms with E-state index >= 15 is 0 Å². The van der Waals surface area contributed by atoms with Gasteiger partial charge >= 0.3 is 0 Å². The number of nitrogens with zero attached hydrogens (tertiary/aromatic N) is 1. The van der Waals surface area contributed by atoms with Crippen molar-refractivity contribution in [3.8, 4) is 0 Å². The van der Waals surface area contributed by atoms with Gasteiger partial charge in [0.15, 0.2) is 0 Å². The van der Waals surface area contributed by atoms with Crippen molar-refractivity contribution in [3.05, 3.63) is 168 Å². The lowest BCUT2D eigenvalue weighted by atomic mass is 9.77. The fraction of sp³-hybridized carbons (Fsp3) is 0.0870.